The van der Waals surface area contributed by atoms with Gasteiger partial charge in [0.1, 0.15) is 4.92 Å². The number of carbonyl (C=O) groups is 2. The first-order valence-electron chi connectivity index (χ1n) is 7.42. The Hall–Kier alpha value is -3.16. The van der Waals surface area contributed by atoms with Crippen LogP contribution in [0.1, 0.15) is 29.0 Å². The molecule has 0 bridgehead atoms. The quantitative estimate of drug-likeness (QED) is 0.686. The number of nitrogens with zero attached hydrogens (tertiary/aromatic N) is 2. The topological polar surface area (TPSA) is 106 Å². The van der Waals surface area contributed by atoms with Gasteiger partial charge in [-0.05, 0) is 43.2 Å². The van der Waals surface area contributed by atoms with Crippen LogP contribution in [0.15, 0.2) is 34.7 Å². The molecule has 1 N–H and O–H groups in total. The van der Waals surface area contributed by atoms with Crippen molar-refractivity contribution in [3.63, 3.8) is 0 Å². The maximum absolute atomic E-state index is 12.1. The molecule has 0 atom stereocenters. The highest BCUT2D eigenvalue weighted by atomic mass is 16.6. The molecular formula is C16H15N3O5. The third-order valence-electron chi connectivity index (χ3n) is 3.81. The molecule has 2 amide bonds. The number of nitro groups is 1. The van der Waals surface area contributed by atoms with Crippen LogP contribution in [0, 0.1) is 17.0 Å². The van der Waals surface area contributed by atoms with Gasteiger partial charge in [-0.15, -0.1) is 0 Å². The predicted octanol–water partition coefficient (Wildman–Crippen LogP) is 2.88. The maximum Gasteiger partial charge on any atom is 0.433 e. The molecule has 3 rings (SSSR count). The zero-order valence-corrected chi connectivity index (χ0v) is 12.9. The monoisotopic (exact) mass is 329 g/mol. The lowest BCUT2D eigenvalue weighted by molar-refractivity contribution is -0.402. The normalized spacial score (nSPS) is 14.0. The van der Waals surface area contributed by atoms with E-state index in [1.165, 1.54) is 6.07 Å². The van der Waals surface area contributed by atoms with Gasteiger partial charge in [0.05, 0.1) is 6.07 Å². The van der Waals surface area contributed by atoms with Crippen molar-refractivity contribution in [3.05, 3.63) is 51.8 Å². The van der Waals surface area contributed by atoms with Gasteiger partial charge in [-0.1, -0.05) is 0 Å². The molecule has 1 aromatic heterocycles. The smallest absolute Gasteiger partial charge is 0.395 e. The molecule has 0 radical (unpaired) electrons. The molecule has 8 heteroatoms. The molecule has 0 spiro atoms. The lowest BCUT2D eigenvalue weighted by Gasteiger charge is -2.19. The standard InChI is InChI=1S/C16H15N3O5/c1-10-9-11(4-5-12(10)18-8-2-3-14(18)20)17-16(21)13-6-7-15(24-13)19(22)23/h4-7,9H,2-3,8H2,1H3,(H,17,21). The maximum atomic E-state index is 12.1. The van der Waals surface area contributed by atoms with Crippen molar-refractivity contribution in [2.24, 2.45) is 0 Å². The summed E-state index contributed by atoms with van der Waals surface area (Å²) in [6.45, 7) is 2.55. The first-order chi connectivity index (χ1) is 11.5. The number of amides is 2. The van der Waals surface area contributed by atoms with E-state index in [9.17, 15) is 19.7 Å². The summed E-state index contributed by atoms with van der Waals surface area (Å²) in [5, 5.41) is 13.2. The van der Waals surface area contributed by atoms with Gasteiger partial charge in [-0.2, -0.15) is 0 Å². The van der Waals surface area contributed by atoms with Crippen LogP contribution >= 0.6 is 0 Å². The number of anilines is 2. The zero-order valence-electron chi connectivity index (χ0n) is 12.9. The van der Waals surface area contributed by atoms with E-state index in [0.29, 0.717) is 18.7 Å². The van der Waals surface area contributed by atoms with E-state index < -0.39 is 16.7 Å². The first-order valence-corrected chi connectivity index (χ1v) is 7.42. The summed E-state index contributed by atoms with van der Waals surface area (Å²) in [7, 11) is 0. The summed E-state index contributed by atoms with van der Waals surface area (Å²) in [4.78, 5) is 35.5. The van der Waals surface area contributed by atoms with Crippen molar-refractivity contribution in [2.75, 3.05) is 16.8 Å². The van der Waals surface area contributed by atoms with Gasteiger partial charge in [0.15, 0.2) is 5.76 Å². The van der Waals surface area contributed by atoms with E-state index >= 15 is 0 Å². The van der Waals surface area contributed by atoms with Gasteiger partial charge in [0.25, 0.3) is 5.91 Å². The number of nitrogens with one attached hydrogen (secondary N) is 1. The fourth-order valence-electron chi connectivity index (χ4n) is 2.68. The molecule has 24 heavy (non-hydrogen) atoms. The summed E-state index contributed by atoms with van der Waals surface area (Å²) in [6.07, 6.45) is 1.39. The van der Waals surface area contributed by atoms with Crippen LogP contribution < -0.4 is 10.2 Å². The Labute approximate surface area is 137 Å². The van der Waals surface area contributed by atoms with Crippen LogP contribution in [-0.2, 0) is 4.79 Å². The SMILES string of the molecule is Cc1cc(NC(=O)c2ccc([N+](=O)[O-])o2)ccc1N1CCCC1=O. The Morgan fingerprint density at radius 2 is 2.12 bits per heavy atom. The second-order valence-electron chi connectivity index (χ2n) is 5.50. The van der Waals surface area contributed by atoms with Gasteiger partial charge in [-0.25, -0.2) is 0 Å². The van der Waals surface area contributed by atoms with E-state index in [1.54, 1.807) is 23.1 Å². The van der Waals surface area contributed by atoms with Crippen molar-refractivity contribution in [3.8, 4) is 0 Å². The molecule has 0 saturated carbocycles. The van der Waals surface area contributed by atoms with Crippen molar-refractivity contribution in [2.45, 2.75) is 19.8 Å². The predicted molar refractivity (Wildman–Crippen MR) is 86.1 cm³/mol. The highest BCUT2D eigenvalue weighted by Crippen LogP contribution is 2.27. The molecular weight excluding hydrogens is 314 g/mol. The van der Waals surface area contributed by atoms with Gasteiger partial charge in [0, 0.05) is 24.3 Å². The highest BCUT2D eigenvalue weighted by molar-refractivity contribution is 6.03. The number of rotatable bonds is 4. The van der Waals surface area contributed by atoms with Crippen LogP contribution in [0.25, 0.3) is 0 Å². The summed E-state index contributed by atoms with van der Waals surface area (Å²) >= 11 is 0. The number of aryl methyl sites for hydroxylation is 1. The zero-order chi connectivity index (χ0) is 17.3. The summed E-state index contributed by atoms with van der Waals surface area (Å²) in [6, 6.07) is 7.58. The Bertz CT molecular complexity index is 827. The third-order valence-corrected chi connectivity index (χ3v) is 3.81. The number of carbonyl (C=O) groups excluding carboxylic acids is 2. The average molecular weight is 329 g/mol. The van der Waals surface area contributed by atoms with E-state index in [1.807, 2.05) is 6.92 Å². The second kappa shape index (κ2) is 6.15. The van der Waals surface area contributed by atoms with Crippen molar-refractivity contribution < 1.29 is 18.9 Å². The molecule has 1 aliphatic heterocycles. The number of benzene rings is 1. The molecule has 1 aromatic carbocycles. The van der Waals surface area contributed by atoms with Crippen LogP contribution in [-0.4, -0.2) is 23.3 Å². The minimum Gasteiger partial charge on any atom is -0.395 e. The van der Waals surface area contributed by atoms with E-state index in [-0.39, 0.29) is 11.7 Å². The number of hydrogen-bond donors (Lipinski definition) is 1. The van der Waals surface area contributed by atoms with E-state index in [2.05, 4.69) is 5.32 Å². The highest BCUT2D eigenvalue weighted by Gasteiger charge is 2.23. The number of furan rings is 1. The lowest BCUT2D eigenvalue weighted by atomic mass is 10.1. The average Bonchev–Trinajstić information content (AvgIpc) is 3.17. The van der Waals surface area contributed by atoms with Crippen LogP contribution in [0.4, 0.5) is 17.3 Å². The second-order valence-corrected chi connectivity index (χ2v) is 5.50. The molecule has 1 aliphatic rings. The molecule has 124 valence electrons. The largest absolute Gasteiger partial charge is 0.433 e. The van der Waals surface area contributed by atoms with Gasteiger partial charge in [-0.3, -0.25) is 19.7 Å². The molecule has 1 fully saturated rings. The minimum atomic E-state index is -0.706. The summed E-state index contributed by atoms with van der Waals surface area (Å²) < 4.78 is 4.86. The van der Waals surface area contributed by atoms with E-state index in [0.717, 1.165) is 23.7 Å². The van der Waals surface area contributed by atoms with Crippen molar-refractivity contribution >= 4 is 29.1 Å². The van der Waals surface area contributed by atoms with Crippen LogP contribution in [0.5, 0.6) is 0 Å². The summed E-state index contributed by atoms with van der Waals surface area (Å²) in [5.74, 6) is -1.11. The fraction of sp³-hybridized carbons (Fsp3) is 0.250. The van der Waals surface area contributed by atoms with E-state index in [4.69, 9.17) is 4.42 Å². The summed E-state index contributed by atoms with van der Waals surface area (Å²) in [5.41, 5.74) is 2.20. The molecule has 0 unspecified atom stereocenters. The molecule has 1 saturated heterocycles. The molecule has 0 aliphatic carbocycles. The van der Waals surface area contributed by atoms with Gasteiger partial charge >= 0.3 is 5.88 Å². The fourth-order valence-corrected chi connectivity index (χ4v) is 2.68. The third kappa shape index (κ3) is 2.98. The van der Waals surface area contributed by atoms with Gasteiger partial charge < -0.3 is 14.6 Å². The molecule has 2 heterocycles. The Morgan fingerprint density at radius 3 is 2.71 bits per heavy atom. The van der Waals surface area contributed by atoms with Crippen molar-refractivity contribution in [1.29, 1.82) is 0 Å². The van der Waals surface area contributed by atoms with Crippen LogP contribution in [0.3, 0.4) is 0 Å². The number of hydrogen-bond acceptors (Lipinski definition) is 5. The Balaban J connectivity index is 1.75. The van der Waals surface area contributed by atoms with Crippen molar-refractivity contribution in [1.82, 2.24) is 0 Å². The minimum absolute atomic E-state index is 0.0952. The van der Waals surface area contributed by atoms with Gasteiger partial charge in [0.2, 0.25) is 5.91 Å². The van der Waals surface area contributed by atoms with Crippen LogP contribution in [0.2, 0.25) is 0 Å². The lowest BCUT2D eigenvalue weighted by Crippen LogP contribution is -2.24. The Kier molecular flexibility index (Phi) is 4.03. The molecule has 2 aromatic rings. The molecule has 8 nitrogen and oxygen atoms in total. The first kappa shape index (κ1) is 15.7. The Morgan fingerprint density at radius 1 is 1.33 bits per heavy atom.